The van der Waals surface area contributed by atoms with Gasteiger partial charge in [-0.05, 0) is 0 Å². The van der Waals surface area contributed by atoms with Gasteiger partial charge in [-0.1, -0.05) is 0 Å². The SMILES string of the molecule is CC(C)(C)N1CC[CH2][Y][CH2]1. The molecule has 0 saturated carbocycles. The van der Waals surface area contributed by atoms with E-state index in [-0.39, 0.29) is 29.2 Å². The van der Waals surface area contributed by atoms with Gasteiger partial charge in [0.05, 0.1) is 0 Å². The molecule has 1 nitrogen and oxygen atoms in total. The zero-order chi connectivity index (χ0) is 7.61. The van der Waals surface area contributed by atoms with Crippen LogP contribution in [0.3, 0.4) is 0 Å². The molecule has 1 aliphatic rings. The van der Waals surface area contributed by atoms with E-state index in [0.29, 0.717) is 5.54 Å². The van der Waals surface area contributed by atoms with E-state index in [1.807, 2.05) is 0 Å². The summed E-state index contributed by atoms with van der Waals surface area (Å²) in [4.78, 5) is 2.66. The molecule has 1 fully saturated rings. The molecule has 0 aromatic heterocycles. The predicted molar refractivity (Wildman–Crippen MR) is 40.8 cm³/mol. The monoisotopic (exact) mass is 216 g/mol. The van der Waals surface area contributed by atoms with E-state index in [9.17, 15) is 0 Å². The molecule has 0 aromatic rings. The van der Waals surface area contributed by atoms with Gasteiger partial charge in [0.2, 0.25) is 0 Å². The van der Waals surface area contributed by atoms with E-state index < -0.39 is 0 Å². The van der Waals surface area contributed by atoms with Crippen molar-refractivity contribution in [3.05, 3.63) is 0 Å². The molecule has 0 aromatic carbocycles. The minimum absolute atomic E-state index is 0.0950. The average molecular weight is 216 g/mol. The van der Waals surface area contributed by atoms with Crippen molar-refractivity contribution < 1.29 is 29.2 Å². The van der Waals surface area contributed by atoms with Gasteiger partial charge in [0.15, 0.2) is 0 Å². The molecule has 2 heteroatoms. The van der Waals surface area contributed by atoms with Crippen molar-refractivity contribution in [1.29, 1.82) is 0 Å². The second kappa shape index (κ2) is 3.64. The fraction of sp³-hybridized carbons (Fsp3) is 1.00. The zero-order valence-electron chi connectivity index (χ0n) is 7.35. The second-order valence-corrected chi connectivity index (χ2v) is 7.78. The summed E-state index contributed by atoms with van der Waals surface area (Å²) < 4.78 is 3.13. The number of hydrogen-bond acceptors (Lipinski definition) is 1. The van der Waals surface area contributed by atoms with Crippen LogP contribution < -0.4 is 0 Å². The Hall–Kier alpha value is 1.06. The molecule has 0 unspecified atom stereocenters. The molecule has 0 amide bonds. The van der Waals surface area contributed by atoms with Crippen molar-refractivity contribution in [1.82, 2.24) is 4.90 Å². The Labute approximate surface area is 79.5 Å². The van der Waals surface area contributed by atoms with Crippen molar-refractivity contribution in [2.24, 2.45) is 0 Å². The molecule has 0 N–H and O–H groups in total. The van der Waals surface area contributed by atoms with Crippen molar-refractivity contribution in [2.45, 2.75) is 36.0 Å². The molecule has 57 valence electrons. The third-order valence-electron chi connectivity index (χ3n) is 2.13. The number of nitrogens with zero attached hydrogens (tertiary/aromatic N) is 1. The first-order chi connectivity index (χ1) is 4.61. The summed E-state index contributed by atoms with van der Waals surface area (Å²) in [5, 5.41) is 0. The zero-order valence-corrected chi connectivity index (χ0v) is 10.2. The molecule has 10 heavy (non-hydrogen) atoms. The quantitative estimate of drug-likeness (QED) is 0.598. The van der Waals surface area contributed by atoms with E-state index >= 15 is 0 Å². The molecule has 0 bridgehead atoms. The van der Waals surface area contributed by atoms with Crippen molar-refractivity contribution in [2.75, 3.05) is 9.90 Å². The summed E-state index contributed by atoms with van der Waals surface area (Å²) in [5.41, 5.74) is 0.451. The van der Waals surface area contributed by atoms with Crippen LogP contribution in [0.4, 0.5) is 0 Å². The van der Waals surface area contributed by atoms with E-state index in [0.717, 1.165) is 0 Å². The summed E-state index contributed by atoms with van der Waals surface area (Å²) in [5.74, 6) is 0. The summed E-state index contributed by atoms with van der Waals surface area (Å²) in [6.07, 6.45) is 1.48. The fourth-order valence-corrected chi connectivity index (χ4v) is 5.54. The third-order valence-corrected chi connectivity index (χ3v) is 5.86. The first-order valence-electron chi connectivity index (χ1n) is 4.17. The molecule has 0 spiro atoms. The Morgan fingerprint density at radius 2 is 2.00 bits per heavy atom. The summed E-state index contributed by atoms with van der Waals surface area (Å²) >= 11 is -0.0950. The van der Waals surface area contributed by atoms with Gasteiger partial charge in [-0.25, -0.2) is 0 Å². The Morgan fingerprint density at radius 3 is 2.30 bits per heavy atom. The van der Waals surface area contributed by atoms with Gasteiger partial charge in [-0.2, -0.15) is 0 Å². The normalized spacial score (nSPS) is 21.5. The van der Waals surface area contributed by atoms with Crippen LogP contribution in [0.2, 0.25) is 3.23 Å². The molecule has 1 heterocycles. The van der Waals surface area contributed by atoms with Crippen LogP contribution in [0.25, 0.3) is 0 Å². The van der Waals surface area contributed by atoms with E-state index in [4.69, 9.17) is 0 Å². The van der Waals surface area contributed by atoms with Crippen molar-refractivity contribution in [3.8, 4) is 0 Å². The van der Waals surface area contributed by atoms with Crippen LogP contribution in [-0.4, -0.2) is 20.3 Å². The summed E-state index contributed by atoms with van der Waals surface area (Å²) in [7, 11) is 0. The van der Waals surface area contributed by atoms with Crippen molar-refractivity contribution in [3.63, 3.8) is 0 Å². The van der Waals surface area contributed by atoms with Crippen molar-refractivity contribution >= 4 is 0 Å². The van der Waals surface area contributed by atoms with Gasteiger partial charge in [-0.15, -0.1) is 0 Å². The van der Waals surface area contributed by atoms with Crippen LogP contribution in [0.5, 0.6) is 0 Å². The Balaban J connectivity index is 2.39. The van der Waals surface area contributed by atoms with Crippen LogP contribution in [-0.2, 0) is 29.2 Å². The van der Waals surface area contributed by atoms with Gasteiger partial charge in [0.25, 0.3) is 0 Å². The molecule has 1 aliphatic heterocycles. The molecule has 0 atom stereocenters. The van der Waals surface area contributed by atoms with Gasteiger partial charge in [0.1, 0.15) is 0 Å². The molecular weight excluding hydrogens is 199 g/mol. The molecule has 0 radical (unpaired) electrons. The van der Waals surface area contributed by atoms with Gasteiger partial charge < -0.3 is 0 Å². The van der Waals surface area contributed by atoms with Gasteiger partial charge in [0, 0.05) is 0 Å². The predicted octanol–water partition coefficient (Wildman–Crippen LogP) is 1.95. The first-order valence-corrected chi connectivity index (χ1v) is 8.19. The maximum absolute atomic E-state index is 2.66. The van der Waals surface area contributed by atoms with Gasteiger partial charge in [-0.3, -0.25) is 0 Å². The molecule has 1 rings (SSSR count). The Bertz CT molecular complexity index is 100. The maximum atomic E-state index is 2.66. The second-order valence-electron chi connectivity index (χ2n) is 4.05. The third kappa shape index (κ3) is 2.60. The molecular formula is C8H17NY. The summed E-state index contributed by atoms with van der Waals surface area (Å²) in [6, 6.07) is 0. The van der Waals surface area contributed by atoms with Crippen LogP contribution >= 0.6 is 0 Å². The average Bonchev–Trinajstić information content (AvgIpc) is 1.88. The minimum atomic E-state index is -0.0950. The van der Waals surface area contributed by atoms with E-state index in [1.165, 1.54) is 16.3 Å². The van der Waals surface area contributed by atoms with E-state index in [1.54, 1.807) is 3.23 Å². The first kappa shape index (κ1) is 9.15. The molecule has 0 aliphatic carbocycles. The Morgan fingerprint density at radius 1 is 1.30 bits per heavy atom. The fourth-order valence-electron chi connectivity index (χ4n) is 1.37. The number of hydrogen-bond donors (Lipinski definition) is 0. The molecule has 1 saturated heterocycles. The topological polar surface area (TPSA) is 3.24 Å². The van der Waals surface area contributed by atoms with Crippen LogP contribution in [0.15, 0.2) is 0 Å². The van der Waals surface area contributed by atoms with Gasteiger partial charge >= 0.3 is 80.0 Å². The standard InChI is InChI=1S/C8H17N.Y/c1-6-7-9(5)8(2,3)4;/h1,5-7H2,2-4H3;. The summed E-state index contributed by atoms with van der Waals surface area (Å²) in [6.45, 7) is 8.36. The van der Waals surface area contributed by atoms with E-state index in [2.05, 4.69) is 25.7 Å². The van der Waals surface area contributed by atoms with Crippen LogP contribution in [0.1, 0.15) is 27.2 Å². The van der Waals surface area contributed by atoms with Crippen LogP contribution in [0, 0.1) is 0 Å². The Kier molecular flexibility index (Phi) is 3.34. The number of rotatable bonds is 0.